The molecule has 0 radical (unpaired) electrons. The van der Waals surface area contributed by atoms with Crippen LogP contribution in [0.1, 0.15) is 12.8 Å². The SMILES string of the molecule is CN=C(NCCOc1ccccc1-c1ccccc1)N1CCC2(CCOC2)C1.I. The Balaban J connectivity index is 0.00000240. The van der Waals surface area contributed by atoms with E-state index in [0.29, 0.717) is 12.0 Å². The van der Waals surface area contributed by atoms with Crippen LogP contribution in [0.5, 0.6) is 5.75 Å². The second-order valence-corrected chi connectivity index (χ2v) is 7.66. The summed E-state index contributed by atoms with van der Waals surface area (Å²) in [5, 5.41) is 3.46. The first-order chi connectivity index (χ1) is 13.8. The van der Waals surface area contributed by atoms with Crippen LogP contribution in [0.15, 0.2) is 59.6 Å². The average Bonchev–Trinajstić information content (AvgIpc) is 3.39. The lowest BCUT2D eigenvalue weighted by molar-refractivity contribution is 0.156. The molecule has 0 aliphatic carbocycles. The van der Waals surface area contributed by atoms with Crippen LogP contribution < -0.4 is 10.1 Å². The number of benzene rings is 2. The molecule has 2 aliphatic rings. The summed E-state index contributed by atoms with van der Waals surface area (Å²) >= 11 is 0. The van der Waals surface area contributed by atoms with Crippen molar-refractivity contribution in [2.24, 2.45) is 10.4 Å². The average molecular weight is 507 g/mol. The van der Waals surface area contributed by atoms with Gasteiger partial charge in [-0.05, 0) is 24.5 Å². The zero-order chi connectivity index (χ0) is 19.2. The molecule has 2 aromatic rings. The third-order valence-electron chi connectivity index (χ3n) is 5.75. The van der Waals surface area contributed by atoms with Crippen molar-refractivity contribution in [1.29, 1.82) is 0 Å². The van der Waals surface area contributed by atoms with E-state index in [9.17, 15) is 0 Å². The van der Waals surface area contributed by atoms with E-state index in [-0.39, 0.29) is 24.0 Å². The number of halogens is 1. The van der Waals surface area contributed by atoms with Crippen LogP contribution in [0.3, 0.4) is 0 Å². The lowest BCUT2D eigenvalue weighted by Gasteiger charge is -2.25. The third-order valence-corrected chi connectivity index (χ3v) is 5.75. The largest absolute Gasteiger partial charge is 0.491 e. The molecule has 1 spiro atoms. The Morgan fingerprint density at radius 3 is 2.69 bits per heavy atom. The molecule has 1 N–H and O–H groups in total. The van der Waals surface area contributed by atoms with Crippen molar-refractivity contribution in [2.75, 3.05) is 46.5 Å². The Morgan fingerprint density at radius 2 is 1.93 bits per heavy atom. The van der Waals surface area contributed by atoms with E-state index >= 15 is 0 Å². The van der Waals surface area contributed by atoms with Gasteiger partial charge in [-0.25, -0.2) is 0 Å². The number of likely N-dealkylation sites (tertiary alicyclic amines) is 1. The summed E-state index contributed by atoms with van der Waals surface area (Å²) < 4.78 is 11.7. The van der Waals surface area contributed by atoms with Gasteiger partial charge in [-0.15, -0.1) is 24.0 Å². The minimum absolute atomic E-state index is 0. The molecule has 1 atom stereocenters. The first-order valence-electron chi connectivity index (χ1n) is 10.1. The van der Waals surface area contributed by atoms with Crippen molar-refractivity contribution in [2.45, 2.75) is 12.8 Å². The molecule has 2 aliphatic heterocycles. The molecule has 0 bridgehead atoms. The fourth-order valence-electron chi connectivity index (χ4n) is 4.19. The lowest BCUT2D eigenvalue weighted by atomic mass is 9.87. The van der Waals surface area contributed by atoms with Gasteiger partial charge in [0.1, 0.15) is 12.4 Å². The van der Waals surface area contributed by atoms with Crippen LogP contribution in [-0.2, 0) is 4.74 Å². The zero-order valence-electron chi connectivity index (χ0n) is 17.0. The highest BCUT2D eigenvalue weighted by molar-refractivity contribution is 14.0. The summed E-state index contributed by atoms with van der Waals surface area (Å²) in [5.74, 6) is 1.87. The Hall–Kier alpha value is -1.80. The lowest BCUT2D eigenvalue weighted by Crippen LogP contribution is -2.42. The highest BCUT2D eigenvalue weighted by Gasteiger charge is 2.42. The van der Waals surface area contributed by atoms with Crippen molar-refractivity contribution in [3.8, 4) is 16.9 Å². The van der Waals surface area contributed by atoms with E-state index < -0.39 is 0 Å². The minimum atomic E-state index is 0. The van der Waals surface area contributed by atoms with Crippen molar-refractivity contribution in [3.63, 3.8) is 0 Å². The molecule has 2 aromatic carbocycles. The molecule has 4 rings (SSSR count). The molecule has 0 saturated carbocycles. The highest BCUT2D eigenvalue weighted by atomic mass is 127. The van der Waals surface area contributed by atoms with Gasteiger partial charge in [0.05, 0.1) is 13.2 Å². The van der Waals surface area contributed by atoms with E-state index in [1.54, 1.807) is 0 Å². The fourth-order valence-corrected chi connectivity index (χ4v) is 4.19. The summed E-state index contributed by atoms with van der Waals surface area (Å²) in [7, 11) is 1.85. The van der Waals surface area contributed by atoms with Gasteiger partial charge in [-0.2, -0.15) is 0 Å². The monoisotopic (exact) mass is 507 g/mol. The van der Waals surface area contributed by atoms with Crippen LogP contribution in [0.2, 0.25) is 0 Å². The molecule has 2 fully saturated rings. The molecular formula is C23H30IN3O2. The predicted molar refractivity (Wildman–Crippen MR) is 128 cm³/mol. The first-order valence-corrected chi connectivity index (χ1v) is 10.1. The Bertz CT molecular complexity index is 807. The standard InChI is InChI=1S/C23H29N3O2.HI/c1-24-22(26-14-11-23(17-26)12-15-27-18-23)25-13-16-28-21-10-6-5-9-20(21)19-7-3-2-4-8-19;/h2-10H,11-18H2,1H3,(H,24,25);1H. The number of hydrogen-bond acceptors (Lipinski definition) is 3. The topological polar surface area (TPSA) is 46.1 Å². The Labute approximate surface area is 190 Å². The second-order valence-electron chi connectivity index (χ2n) is 7.66. The van der Waals surface area contributed by atoms with E-state index in [4.69, 9.17) is 9.47 Å². The van der Waals surface area contributed by atoms with Gasteiger partial charge in [-0.3, -0.25) is 4.99 Å². The smallest absolute Gasteiger partial charge is 0.193 e. The van der Waals surface area contributed by atoms with E-state index in [1.807, 2.05) is 31.3 Å². The normalized spacial score (nSPS) is 21.3. The number of nitrogens with one attached hydrogen (secondary N) is 1. The molecular weight excluding hydrogens is 477 g/mol. The van der Waals surface area contributed by atoms with Gasteiger partial charge in [0.15, 0.2) is 5.96 Å². The zero-order valence-corrected chi connectivity index (χ0v) is 19.3. The Kier molecular flexibility index (Phi) is 7.77. The maximum atomic E-state index is 6.09. The van der Waals surface area contributed by atoms with E-state index in [0.717, 1.165) is 50.1 Å². The van der Waals surface area contributed by atoms with Crippen LogP contribution in [0, 0.1) is 5.41 Å². The minimum Gasteiger partial charge on any atom is -0.491 e. The highest BCUT2D eigenvalue weighted by Crippen LogP contribution is 2.38. The first kappa shape index (κ1) is 21.9. The number of ether oxygens (including phenoxy) is 2. The van der Waals surface area contributed by atoms with Crippen LogP contribution in [0.25, 0.3) is 11.1 Å². The quantitative estimate of drug-likeness (QED) is 0.287. The van der Waals surface area contributed by atoms with E-state index in [2.05, 4.69) is 45.5 Å². The summed E-state index contributed by atoms with van der Waals surface area (Å²) in [6, 6.07) is 18.5. The van der Waals surface area contributed by atoms with Crippen molar-refractivity contribution in [3.05, 3.63) is 54.6 Å². The van der Waals surface area contributed by atoms with Gasteiger partial charge >= 0.3 is 0 Å². The third kappa shape index (κ3) is 5.22. The number of para-hydroxylation sites is 1. The molecule has 5 nitrogen and oxygen atoms in total. The molecule has 2 saturated heterocycles. The Morgan fingerprint density at radius 1 is 1.14 bits per heavy atom. The molecule has 0 aromatic heterocycles. The molecule has 29 heavy (non-hydrogen) atoms. The predicted octanol–water partition coefficient (Wildman–Crippen LogP) is 4.04. The maximum Gasteiger partial charge on any atom is 0.193 e. The van der Waals surface area contributed by atoms with Gasteiger partial charge in [-0.1, -0.05) is 48.5 Å². The number of guanidine groups is 1. The van der Waals surface area contributed by atoms with Crippen molar-refractivity contribution < 1.29 is 9.47 Å². The van der Waals surface area contributed by atoms with Gasteiger partial charge < -0.3 is 19.7 Å². The maximum absolute atomic E-state index is 6.09. The van der Waals surface area contributed by atoms with Crippen LogP contribution >= 0.6 is 24.0 Å². The number of hydrogen-bond donors (Lipinski definition) is 1. The number of nitrogens with zero attached hydrogens (tertiary/aromatic N) is 2. The van der Waals surface area contributed by atoms with E-state index in [1.165, 1.54) is 18.4 Å². The van der Waals surface area contributed by atoms with Gasteiger partial charge in [0.2, 0.25) is 0 Å². The van der Waals surface area contributed by atoms with Crippen LogP contribution in [-0.4, -0.2) is 57.4 Å². The van der Waals surface area contributed by atoms with Gasteiger partial charge in [0, 0.05) is 37.7 Å². The summed E-state index contributed by atoms with van der Waals surface area (Å²) in [6.07, 6.45) is 2.36. The molecule has 2 heterocycles. The van der Waals surface area contributed by atoms with Crippen molar-refractivity contribution in [1.82, 2.24) is 10.2 Å². The molecule has 0 amide bonds. The van der Waals surface area contributed by atoms with Crippen molar-refractivity contribution >= 4 is 29.9 Å². The summed E-state index contributed by atoms with van der Waals surface area (Å²) in [4.78, 5) is 6.82. The number of aliphatic imine (C=N–C) groups is 1. The summed E-state index contributed by atoms with van der Waals surface area (Å²) in [5.41, 5.74) is 2.63. The fraction of sp³-hybridized carbons (Fsp3) is 0.435. The number of rotatable bonds is 5. The van der Waals surface area contributed by atoms with Crippen LogP contribution in [0.4, 0.5) is 0 Å². The summed E-state index contributed by atoms with van der Waals surface area (Å²) in [6.45, 7) is 5.17. The van der Waals surface area contributed by atoms with Gasteiger partial charge in [0.25, 0.3) is 0 Å². The second kappa shape index (κ2) is 10.3. The molecule has 6 heteroatoms. The molecule has 156 valence electrons. The molecule has 1 unspecified atom stereocenters.